The van der Waals surface area contributed by atoms with E-state index in [2.05, 4.69) is 10.3 Å². The number of benzene rings is 2. The Morgan fingerprint density at radius 3 is 2.81 bits per heavy atom. The molecule has 1 aromatic heterocycles. The van der Waals surface area contributed by atoms with E-state index in [0.29, 0.717) is 22.0 Å². The van der Waals surface area contributed by atoms with Gasteiger partial charge in [-0.05, 0) is 42.5 Å². The molecular weight excluding hydrogens is 286 g/mol. The minimum atomic E-state index is -0.242. The van der Waals surface area contributed by atoms with Crippen LogP contribution in [0.4, 0.5) is 11.4 Å². The van der Waals surface area contributed by atoms with Crippen LogP contribution in [-0.2, 0) is 0 Å². The lowest BCUT2D eigenvalue weighted by atomic mass is 10.1. The van der Waals surface area contributed by atoms with Crippen molar-refractivity contribution in [3.05, 3.63) is 65.3 Å². The summed E-state index contributed by atoms with van der Waals surface area (Å²) in [4.78, 5) is 16.5. The number of nitrogens with zero attached hydrogens (tertiary/aromatic N) is 1. The van der Waals surface area contributed by atoms with Crippen molar-refractivity contribution in [3.63, 3.8) is 0 Å². The minimum absolute atomic E-state index is 0.242. The third-order valence-corrected chi connectivity index (χ3v) is 3.48. The third kappa shape index (κ3) is 2.66. The largest absolute Gasteiger partial charge is 0.398 e. The average Bonchev–Trinajstić information content (AvgIpc) is 2.50. The van der Waals surface area contributed by atoms with Gasteiger partial charge in [-0.25, -0.2) is 0 Å². The van der Waals surface area contributed by atoms with Crippen LogP contribution < -0.4 is 11.1 Å². The van der Waals surface area contributed by atoms with E-state index >= 15 is 0 Å². The van der Waals surface area contributed by atoms with Crippen molar-refractivity contribution >= 4 is 39.8 Å². The van der Waals surface area contributed by atoms with Crippen LogP contribution in [0.15, 0.2) is 54.7 Å². The molecular formula is C16H12ClN3O. The molecule has 1 heterocycles. The summed E-state index contributed by atoms with van der Waals surface area (Å²) in [7, 11) is 0. The summed E-state index contributed by atoms with van der Waals surface area (Å²) in [6.45, 7) is 0. The molecule has 0 atom stereocenters. The first kappa shape index (κ1) is 13.4. The molecule has 0 bridgehead atoms. The fourth-order valence-electron chi connectivity index (χ4n) is 2.08. The first-order valence-electron chi connectivity index (χ1n) is 6.35. The maximum Gasteiger partial charge on any atom is 0.255 e. The van der Waals surface area contributed by atoms with Crippen LogP contribution >= 0.6 is 11.6 Å². The van der Waals surface area contributed by atoms with Gasteiger partial charge in [-0.2, -0.15) is 0 Å². The summed E-state index contributed by atoms with van der Waals surface area (Å²) in [5, 5.41) is 4.12. The summed E-state index contributed by atoms with van der Waals surface area (Å²) in [5.74, 6) is -0.242. The second-order valence-electron chi connectivity index (χ2n) is 4.57. The normalized spacial score (nSPS) is 10.5. The van der Waals surface area contributed by atoms with Crippen LogP contribution in [0, 0.1) is 0 Å². The number of anilines is 2. The van der Waals surface area contributed by atoms with E-state index in [1.54, 1.807) is 24.4 Å². The molecule has 0 saturated carbocycles. The Labute approximate surface area is 126 Å². The summed E-state index contributed by atoms with van der Waals surface area (Å²) in [6.07, 6.45) is 1.72. The third-order valence-electron chi connectivity index (χ3n) is 3.16. The molecule has 0 radical (unpaired) electrons. The highest BCUT2D eigenvalue weighted by atomic mass is 35.5. The predicted octanol–water partition coefficient (Wildman–Crippen LogP) is 3.72. The van der Waals surface area contributed by atoms with Crippen LogP contribution in [0.1, 0.15) is 10.4 Å². The number of halogens is 1. The fourth-order valence-corrected chi connectivity index (χ4v) is 2.26. The number of fused-ring (bicyclic) bond motifs is 1. The molecule has 5 heteroatoms. The molecule has 1 amide bonds. The Hall–Kier alpha value is -2.59. The van der Waals surface area contributed by atoms with Gasteiger partial charge in [0.25, 0.3) is 5.91 Å². The molecule has 0 unspecified atom stereocenters. The van der Waals surface area contributed by atoms with Crippen LogP contribution in [0.25, 0.3) is 10.9 Å². The maximum absolute atomic E-state index is 12.3. The lowest BCUT2D eigenvalue weighted by Crippen LogP contribution is -2.12. The van der Waals surface area contributed by atoms with Gasteiger partial charge in [0, 0.05) is 17.1 Å². The molecule has 3 aromatic rings. The number of pyridine rings is 1. The van der Waals surface area contributed by atoms with Gasteiger partial charge in [-0.3, -0.25) is 9.78 Å². The zero-order chi connectivity index (χ0) is 14.8. The summed E-state index contributed by atoms with van der Waals surface area (Å²) in [6, 6.07) is 14.1. The molecule has 0 aliphatic heterocycles. The SMILES string of the molecule is Nc1ccc(C(=O)Nc2cccc3ncccc23)cc1Cl. The molecule has 21 heavy (non-hydrogen) atoms. The topological polar surface area (TPSA) is 68.0 Å². The van der Waals surface area contributed by atoms with Crippen LogP contribution in [0.3, 0.4) is 0 Å². The standard InChI is InChI=1S/C16H12ClN3O/c17-12-9-10(6-7-13(12)18)16(21)20-15-5-1-4-14-11(15)3-2-8-19-14/h1-9H,18H2,(H,20,21). The molecule has 3 N–H and O–H groups in total. The number of nitrogen functional groups attached to an aromatic ring is 1. The second kappa shape index (κ2) is 5.42. The highest BCUT2D eigenvalue weighted by molar-refractivity contribution is 6.33. The Morgan fingerprint density at radius 1 is 1.14 bits per heavy atom. The van der Waals surface area contributed by atoms with Gasteiger partial charge in [0.15, 0.2) is 0 Å². The van der Waals surface area contributed by atoms with Gasteiger partial charge in [0.1, 0.15) is 0 Å². The average molecular weight is 298 g/mol. The van der Waals surface area contributed by atoms with Crippen molar-refractivity contribution in [2.75, 3.05) is 11.1 Å². The van der Waals surface area contributed by atoms with Crippen molar-refractivity contribution in [2.24, 2.45) is 0 Å². The molecule has 0 aliphatic carbocycles. The summed E-state index contributed by atoms with van der Waals surface area (Å²) < 4.78 is 0. The van der Waals surface area contributed by atoms with E-state index in [4.69, 9.17) is 17.3 Å². The highest BCUT2D eigenvalue weighted by Gasteiger charge is 2.10. The molecule has 0 saturated heterocycles. The van der Waals surface area contributed by atoms with E-state index < -0.39 is 0 Å². The highest BCUT2D eigenvalue weighted by Crippen LogP contribution is 2.23. The Kier molecular flexibility index (Phi) is 3.46. The molecule has 2 aromatic carbocycles. The van der Waals surface area contributed by atoms with E-state index in [0.717, 1.165) is 10.9 Å². The Morgan fingerprint density at radius 2 is 2.00 bits per heavy atom. The van der Waals surface area contributed by atoms with Crippen molar-refractivity contribution in [2.45, 2.75) is 0 Å². The Balaban J connectivity index is 1.94. The molecule has 4 nitrogen and oxygen atoms in total. The lowest BCUT2D eigenvalue weighted by Gasteiger charge is -2.09. The number of aromatic nitrogens is 1. The number of amides is 1. The zero-order valence-corrected chi connectivity index (χ0v) is 11.8. The molecule has 0 fully saturated rings. The van der Waals surface area contributed by atoms with Crippen molar-refractivity contribution < 1.29 is 4.79 Å². The molecule has 3 rings (SSSR count). The number of carbonyl (C=O) groups excluding carboxylic acids is 1. The van der Waals surface area contributed by atoms with E-state index in [-0.39, 0.29) is 5.91 Å². The number of hydrogen-bond donors (Lipinski definition) is 2. The van der Waals surface area contributed by atoms with Crippen LogP contribution in [-0.4, -0.2) is 10.9 Å². The molecule has 0 spiro atoms. The number of rotatable bonds is 2. The van der Waals surface area contributed by atoms with E-state index in [1.165, 1.54) is 0 Å². The van der Waals surface area contributed by atoms with Crippen LogP contribution in [0.2, 0.25) is 5.02 Å². The molecule has 104 valence electrons. The number of hydrogen-bond acceptors (Lipinski definition) is 3. The minimum Gasteiger partial charge on any atom is -0.398 e. The first-order valence-corrected chi connectivity index (χ1v) is 6.73. The van der Waals surface area contributed by atoms with Gasteiger partial charge in [-0.1, -0.05) is 17.7 Å². The first-order chi connectivity index (χ1) is 10.1. The molecule has 0 aliphatic rings. The van der Waals surface area contributed by atoms with Crippen LogP contribution in [0.5, 0.6) is 0 Å². The van der Waals surface area contributed by atoms with Gasteiger partial charge in [0.05, 0.1) is 21.9 Å². The number of nitrogens with one attached hydrogen (secondary N) is 1. The smallest absolute Gasteiger partial charge is 0.255 e. The number of carbonyl (C=O) groups is 1. The Bertz CT molecular complexity index is 827. The van der Waals surface area contributed by atoms with Crippen molar-refractivity contribution in [1.82, 2.24) is 4.98 Å². The fraction of sp³-hybridized carbons (Fsp3) is 0. The number of nitrogens with two attached hydrogens (primary N) is 1. The summed E-state index contributed by atoms with van der Waals surface area (Å²) >= 11 is 5.94. The quantitative estimate of drug-likeness (QED) is 0.708. The second-order valence-corrected chi connectivity index (χ2v) is 4.97. The van der Waals surface area contributed by atoms with Gasteiger partial charge in [-0.15, -0.1) is 0 Å². The van der Waals surface area contributed by atoms with E-state index in [1.807, 2.05) is 30.3 Å². The van der Waals surface area contributed by atoms with Crippen molar-refractivity contribution in [1.29, 1.82) is 0 Å². The summed E-state index contributed by atoms with van der Waals surface area (Å²) in [5.41, 5.74) is 8.08. The maximum atomic E-state index is 12.3. The van der Waals surface area contributed by atoms with Crippen molar-refractivity contribution in [3.8, 4) is 0 Å². The van der Waals surface area contributed by atoms with Gasteiger partial charge >= 0.3 is 0 Å². The van der Waals surface area contributed by atoms with Gasteiger partial charge < -0.3 is 11.1 Å². The monoisotopic (exact) mass is 297 g/mol. The predicted molar refractivity (Wildman–Crippen MR) is 85.6 cm³/mol. The van der Waals surface area contributed by atoms with Gasteiger partial charge in [0.2, 0.25) is 0 Å². The van der Waals surface area contributed by atoms with E-state index in [9.17, 15) is 4.79 Å². The zero-order valence-electron chi connectivity index (χ0n) is 11.0. The lowest BCUT2D eigenvalue weighted by molar-refractivity contribution is 0.102.